The van der Waals surface area contributed by atoms with Gasteiger partial charge in [0.05, 0.1) is 11.4 Å². The molecule has 0 aliphatic carbocycles. The van der Waals surface area contributed by atoms with Crippen LogP contribution in [-0.2, 0) is 21.2 Å². The van der Waals surface area contributed by atoms with E-state index in [1.165, 1.54) is 12.1 Å². The lowest BCUT2D eigenvalue weighted by Crippen LogP contribution is -2.45. The largest absolute Gasteiger partial charge is 0.355 e. The second-order valence-electron chi connectivity index (χ2n) is 8.13. The number of rotatable bonds is 9. The van der Waals surface area contributed by atoms with Gasteiger partial charge in [-0.3, -0.25) is 9.69 Å². The zero-order valence-corrected chi connectivity index (χ0v) is 18.6. The highest BCUT2D eigenvalue weighted by molar-refractivity contribution is 7.89. The fraction of sp³-hybridized carbons (Fsp3) is 0.435. The molecule has 1 amide bonds. The maximum absolute atomic E-state index is 12.9. The highest BCUT2D eigenvalue weighted by atomic mass is 32.2. The summed E-state index contributed by atoms with van der Waals surface area (Å²) >= 11 is 0. The maximum Gasteiger partial charge on any atom is 0.240 e. The smallest absolute Gasteiger partial charge is 0.240 e. The lowest BCUT2D eigenvalue weighted by molar-refractivity contribution is -0.122. The second-order valence-corrected chi connectivity index (χ2v) is 9.90. The van der Waals surface area contributed by atoms with Crippen LogP contribution in [0.4, 0.5) is 4.39 Å². The van der Waals surface area contributed by atoms with E-state index < -0.39 is 10.0 Å². The van der Waals surface area contributed by atoms with E-state index in [-0.39, 0.29) is 22.5 Å². The Kier molecular flexibility index (Phi) is 8.17. The summed E-state index contributed by atoms with van der Waals surface area (Å²) in [6, 6.07) is 13.1. The van der Waals surface area contributed by atoms with Crippen LogP contribution in [0.5, 0.6) is 0 Å². The van der Waals surface area contributed by atoms with Gasteiger partial charge in [-0.25, -0.2) is 17.5 Å². The molecule has 1 heterocycles. The quantitative estimate of drug-likeness (QED) is 0.619. The molecule has 0 spiro atoms. The Hall–Kier alpha value is -2.29. The van der Waals surface area contributed by atoms with Gasteiger partial charge in [0, 0.05) is 19.6 Å². The van der Waals surface area contributed by atoms with E-state index in [9.17, 15) is 17.6 Å². The van der Waals surface area contributed by atoms with Crippen LogP contribution in [-0.4, -0.2) is 51.9 Å². The number of nitrogens with one attached hydrogen (secondary N) is 2. The average molecular weight is 448 g/mol. The van der Waals surface area contributed by atoms with Crippen LogP contribution in [0.15, 0.2) is 53.4 Å². The van der Waals surface area contributed by atoms with Crippen molar-refractivity contribution in [2.75, 3.05) is 32.7 Å². The van der Waals surface area contributed by atoms with E-state index in [1.54, 1.807) is 36.4 Å². The molecule has 3 rings (SSSR count). The number of nitrogens with zero attached hydrogens (tertiary/aromatic N) is 1. The Morgan fingerprint density at radius 1 is 1.13 bits per heavy atom. The standard InChI is InChI=1S/C23H30FN3O3S/c1-18-4-10-22(11-5-18)31(29,30)26-15-20-3-2-14-27(16-20)17-23(28)25-13-12-19-6-8-21(24)9-7-19/h4-11,20,26H,2-3,12-17H2,1H3,(H,25,28). The summed E-state index contributed by atoms with van der Waals surface area (Å²) in [5, 5.41) is 2.90. The summed E-state index contributed by atoms with van der Waals surface area (Å²) in [6.45, 7) is 4.58. The van der Waals surface area contributed by atoms with Crippen molar-refractivity contribution < 1.29 is 17.6 Å². The SMILES string of the molecule is Cc1ccc(S(=O)(=O)NCC2CCCN(CC(=O)NCCc3ccc(F)cc3)C2)cc1. The number of piperidine rings is 1. The molecule has 1 atom stereocenters. The Bertz CT molecular complexity index is 963. The summed E-state index contributed by atoms with van der Waals surface area (Å²) < 4.78 is 40.6. The van der Waals surface area contributed by atoms with Gasteiger partial charge in [-0.1, -0.05) is 29.8 Å². The molecule has 31 heavy (non-hydrogen) atoms. The molecule has 0 bridgehead atoms. The molecule has 2 aromatic carbocycles. The van der Waals surface area contributed by atoms with Gasteiger partial charge in [0.15, 0.2) is 0 Å². The van der Waals surface area contributed by atoms with Crippen LogP contribution in [0.1, 0.15) is 24.0 Å². The second kappa shape index (κ2) is 10.8. The van der Waals surface area contributed by atoms with Crippen LogP contribution in [0.2, 0.25) is 0 Å². The molecule has 1 fully saturated rings. The van der Waals surface area contributed by atoms with Crippen LogP contribution in [0.3, 0.4) is 0 Å². The number of hydrogen-bond acceptors (Lipinski definition) is 4. The van der Waals surface area contributed by atoms with Gasteiger partial charge in [0.2, 0.25) is 15.9 Å². The van der Waals surface area contributed by atoms with Crippen molar-refractivity contribution in [2.45, 2.75) is 31.1 Å². The molecular formula is C23H30FN3O3S. The molecule has 0 radical (unpaired) electrons. The zero-order valence-electron chi connectivity index (χ0n) is 17.8. The monoisotopic (exact) mass is 447 g/mol. The fourth-order valence-electron chi connectivity index (χ4n) is 3.75. The summed E-state index contributed by atoms with van der Waals surface area (Å²) in [6.07, 6.45) is 2.51. The molecular weight excluding hydrogens is 417 g/mol. The van der Waals surface area contributed by atoms with Crippen molar-refractivity contribution in [3.63, 3.8) is 0 Å². The van der Waals surface area contributed by atoms with E-state index in [4.69, 9.17) is 0 Å². The minimum Gasteiger partial charge on any atom is -0.355 e. The van der Waals surface area contributed by atoms with Crippen LogP contribution >= 0.6 is 0 Å². The minimum atomic E-state index is -3.53. The van der Waals surface area contributed by atoms with E-state index >= 15 is 0 Å². The molecule has 6 nitrogen and oxygen atoms in total. The molecule has 2 aromatic rings. The topological polar surface area (TPSA) is 78.5 Å². The lowest BCUT2D eigenvalue weighted by Gasteiger charge is -2.32. The number of carbonyl (C=O) groups is 1. The highest BCUT2D eigenvalue weighted by Crippen LogP contribution is 2.17. The van der Waals surface area contributed by atoms with Crippen molar-refractivity contribution in [3.05, 3.63) is 65.5 Å². The average Bonchev–Trinajstić information content (AvgIpc) is 2.74. The number of sulfonamides is 1. The van der Waals surface area contributed by atoms with Gasteiger partial charge in [0.1, 0.15) is 5.82 Å². The number of aryl methyl sites for hydroxylation is 1. The summed E-state index contributed by atoms with van der Waals surface area (Å²) in [5.74, 6) is -0.155. The summed E-state index contributed by atoms with van der Waals surface area (Å²) in [7, 11) is -3.53. The molecule has 168 valence electrons. The van der Waals surface area contributed by atoms with Crippen molar-refractivity contribution in [3.8, 4) is 0 Å². The third kappa shape index (κ3) is 7.41. The Labute approximate surface area is 183 Å². The first kappa shape index (κ1) is 23.4. The number of hydrogen-bond donors (Lipinski definition) is 2. The summed E-state index contributed by atoms with van der Waals surface area (Å²) in [4.78, 5) is 14.6. The number of amides is 1. The minimum absolute atomic E-state index is 0.0528. The first-order valence-electron chi connectivity index (χ1n) is 10.6. The van der Waals surface area contributed by atoms with Gasteiger partial charge < -0.3 is 5.32 Å². The Balaban J connectivity index is 1.40. The lowest BCUT2D eigenvalue weighted by atomic mass is 9.98. The molecule has 8 heteroatoms. The number of benzene rings is 2. The van der Waals surface area contributed by atoms with E-state index in [0.717, 1.165) is 30.5 Å². The summed E-state index contributed by atoms with van der Waals surface area (Å²) in [5.41, 5.74) is 1.98. The maximum atomic E-state index is 12.9. The third-order valence-electron chi connectivity index (χ3n) is 5.51. The number of carbonyl (C=O) groups excluding carboxylic acids is 1. The predicted molar refractivity (Wildman–Crippen MR) is 119 cm³/mol. The molecule has 0 aromatic heterocycles. The first-order chi connectivity index (χ1) is 14.8. The van der Waals surface area contributed by atoms with E-state index in [0.29, 0.717) is 32.6 Å². The number of halogens is 1. The molecule has 2 N–H and O–H groups in total. The molecule has 1 aliphatic rings. The Morgan fingerprint density at radius 2 is 1.84 bits per heavy atom. The highest BCUT2D eigenvalue weighted by Gasteiger charge is 2.23. The van der Waals surface area contributed by atoms with E-state index in [2.05, 4.69) is 14.9 Å². The third-order valence-corrected chi connectivity index (χ3v) is 6.95. The van der Waals surface area contributed by atoms with Crippen LogP contribution < -0.4 is 10.0 Å². The van der Waals surface area contributed by atoms with Crippen molar-refractivity contribution in [1.82, 2.24) is 14.9 Å². The van der Waals surface area contributed by atoms with Crippen molar-refractivity contribution >= 4 is 15.9 Å². The molecule has 1 saturated heterocycles. The van der Waals surface area contributed by atoms with Gasteiger partial charge in [-0.2, -0.15) is 0 Å². The van der Waals surface area contributed by atoms with Gasteiger partial charge in [0.25, 0.3) is 0 Å². The Morgan fingerprint density at radius 3 is 2.55 bits per heavy atom. The molecule has 1 aliphatic heterocycles. The predicted octanol–water partition coefficient (Wildman–Crippen LogP) is 2.48. The van der Waals surface area contributed by atoms with E-state index in [1.807, 2.05) is 6.92 Å². The normalized spacial score (nSPS) is 17.4. The van der Waals surface area contributed by atoms with Gasteiger partial charge in [-0.05, 0) is 68.5 Å². The van der Waals surface area contributed by atoms with Crippen molar-refractivity contribution in [1.29, 1.82) is 0 Å². The van der Waals surface area contributed by atoms with Crippen LogP contribution in [0.25, 0.3) is 0 Å². The van der Waals surface area contributed by atoms with Crippen LogP contribution in [0, 0.1) is 18.7 Å². The van der Waals surface area contributed by atoms with Gasteiger partial charge >= 0.3 is 0 Å². The molecule has 0 saturated carbocycles. The number of likely N-dealkylation sites (tertiary alicyclic amines) is 1. The van der Waals surface area contributed by atoms with Crippen molar-refractivity contribution in [2.24, 2.45) is 5.92 Å². The first-order valence-corrected chi connectivity index (χ1v) is 12.1. The van der Waals surface area contributed by atoms with Gasteiger partial charge in [-0.15, -0.1) is 0 Å². The zero-order chi connectivity index (χ0) is 22.3. The fourth-order valence-corrected chi connectivity index (χ4v) is 4.86. The molecule has 1 unspecified atom stereocenters.